The maximum Gasteiger partial charge on any atom is 0.291 e. The fourth-order valence-corrected chi connectivity index (χ4v) is 1.88. The van der Waals surface area contributed by atoms with Crippen LogP contribution in [0.5, 0.6) is 0 Å². The number of carbonyl (C=O) groups excluding carboxylic acids is 1. The van der Waals surface area contributed by atoms with Gasteiger partial charge in [0.05, 0.1) is 12.0 Å². The third kappa shape index (κ3) is 2.56. The molecule has 2 N–H and O–H groups in total. The lowest BCUT2D eigenvalue weighted by atomic mass is 10.1. The van der Waals surface area contributed by atoms with Crippen LogP contribution < -0.4 is 5.43 Å². The van der Waals surface area contributed by atoms with Gasteiger partial charge in [-0.25, -0.2) is 18.2 Å². The third-order valence-corrected chi connectivity index (χ3v) is 2.96. The van der Waals surface area contributed by atoms with Gasteiger partial charge in [-0.3, -0.25) is 10.2 Å². The first kappa shape index (κ1) is 15.2. The molecule has 1 aromatic carbocycles. The van der Waals surface area contributed by atoms with E-state index in [2.05, 4.69) is 0 Å². The summed E-state index contributed by atoms with van der Waals surface area (Å²) in [7, 11) is 0. The zero-order valence-electron chi connectivity index (χ0n) is 10.3. The highest BCUT2D eigenvalue weighted by molar-refractivity contribution is 5.95. The Morgan fingerprint density at radius 2 is 1.95 bits per heavy atom. The highest BCUT2D eigenvalue weighted by Crippen LogP contribution is 2.35. The molecule has 1 amide bonds. The largest absolute Gasteiger partial charge is 0.364 e. The SMILES string of the molecule is O=C(c1ccccc1F)N1NC(=C(F)F)CC1(O)C(F)F. The molecule has 2 rings (SSSR count). The first-order chi connectivity index (χ1) is 9.77. The molecule has 1 aliphatic heterocycles. The number of amides is 1. The van der Waals surface area contributed by atoms with Gasteiger partial charge in [0.2, 0.25) is 5.72 Å². The van der Waals surface area contributed by atoms with E-state index < -0.39 is 47.6 Å². The molecule has 0 radical (unpaired) electrons. The zero-order chi connectivity index (χ0) is 15.8. The molecule has 1 aliphatic rings. The molecule has 0 saturated carbocycles. The number of hydrazine groups is 1. The van der Waals surface area contributed by atoms with E-state index in [1.54, 1.807) is 5.43 Å². The van der Waals surface area contributed by atoms with Crippen LogP contribution in [0, 0.1) is 5.82 Å². The molecule has 1 heterocycles. The molecule has 1 fully saturated rings. The van der Waals surface area contributed by atoms with Crippen LogP contribution >= 0.6 is 0 Å². The summed E-state index contributed by atoms with van der Waals surface area (Å²) >= 11 is 0. The topological polar surface area (TPSA) is 52.6 Å². The zero-order valence-corrected chi connectivity index (χ0v) is 10.3. The van der Waals surface area contributed by atoms with E-state index in [1.807, 2.05) is 0 Å². The maximum absolute atomic E-state index is 13.5. The molecule has 0 spiro atoms. The summed E-state index contributed by atoms with van der Waals surface area (Å²) in [4.78, 5) is 12.0. The van der Waals surface area contributed by atoms with E-state index in [1.165, 1.54) is 12.1 Å². The molecular weight excluding hydrogens is 299 g/mol. The molecule has 4 nitrogen and oxygen atoms in total. The second kappa shape index (κ2) is 5.32. The van der Waals surface area contributed by atoms with Gasteiger partial charge >= 0.3 is 0 Å². The molecule has 0 aromatic heterocycles. The molecule has 1 atom stereocenters. The highest BCUT2D eigenvalue weighted by atomic mass is 19.3. The minimum absolute atomic E-state index is 0.0788. The molecule has 9 heteroatoms. The van der Waals surface area contributed by atoms with Crippen molar-refractivity contribution in [3.8, 4) is 0 Å². The number of benzene rings is 1. The minimum atomic E-state index is -3.53. The van der Waals surface area contributed by atoms with Gasteiger partial charge in [0.1, 0.15) is 11.5 Å². The van der Waals surface area contributed by atoms with Gasteiger partial charge in [-0.05, 0) is 12.1 Å². The van der Waals surface area contributed by atoms with Crippen LogP contribution in [0.2, 0.25) is 0 Å². The standard InChI is InChI=1S/C12H9F5N2O2/c13-7-4-2-1-3-6(7)10(20)19-12(21,11(16)17)5-8(18-19)9(14)15/h1-4,11,18,21H,5H2. The summed E-state index contributed by atoms with van der Waals surface area (Å²) in [6.07, 6.45) is -7.07. The van der Waals surface area contributed by atoms with Crippen molar-refractivity contribution in [3.05, 3.63) is 47.4 Å². The minimum Gasteiger partial charge on any atom is -0.364 e. The van der Waals surface area contributed by atoms with Crippen molar-refractivity contribution in [2.45, 2.75) is 18.6 Å². The number of hydrogen-bond acceptors (Lipinski definition) is 3. The number of halogens is 5. The summed E-state index contributed by atoms with van der Waals surface area (Å²) in [5, 5.41) is 9.69. The summed E-state index contributed by atoms with van der Waals surface area (Å²) < 4.78 is 64.4. The van der Waals surface area contributed by atoms with E-state index in [0.29, 0.717) is 0 Å². The van der Waals surface area contributed by atoms with E-state index in [4.69, 9.17) is 0 Å². The summed E-state index contributed by atoms with van der Waals surface area (Å²) in [5.74, 6) is -2.41. The van der Waals surface area contributed by atoms with E-state index in [-0.39, 0.29) is 5.01 Å². The number of aliphatic hydroxyl groups is 1. The van der Waals surface area contributed by atoms with E-state index >= 15 is 0 Å². The Bertz CT molecular complexity index is 603. The molecule has 0 aliphatic carbocycles. The van der Waals surface area contributed by atoms with Crippen LogP contribution in [0.4, 0.5) is 22.0 Å². The lowest BCUT2D eigenvalue weighted by molar-refractivity contribution is -0.168. The summed E-state index contributed by atoms with van der Waals surface area (Å²) in [6, 6.07) is 4.41. The third-order valence-electron chi connectivity index (χ3n) is 2.96. The average Bonchev–Trinajstić information content (AvgIpc) is 2.78. The average molecular weight is 308 g/mol. The smallest absolute Gasteiger partial charge is 0.291 e. The van der Waals surface area contributed by atoms with Crippen LogP contribution in [-0.4, -0.2) is 28.2 Å². The van der Waals surface area contributed by atoms with E-state index in [0.717, 1.165) is 12.1 Å². The quantitative estimate of drug-likeness (QED) is 0.824. The van der Waals surface area contributed by atoms with Crippen molar-refractivity contribution in [1.82, 2.24) is 10.4 Å². The Kier molecular flexibility index (Phi) is 3.86. The van der Waals surface area contributed by atoms with Gasteiger partial charge in [0.15, 0.2) is 0 Å². The number of nitrogens with one attached hydrogen (secondary N) is 1. The fraction of sp³-hybridized carbons (Fsp3) is 0.250. The van der Waals surface area contributed by atoms with Crippen molar-refractivity contribution < 1.29 is 31.9 Å². The van der Waals surface area contributed by atoms with Crippen LogP contribution in [0.3, 0.4) is 0 Å². The molecule has 1 saturated heterocycles. The Morgan fingerprint density at radius 1 is 1.33 bits per heavy atom. The Morgan fingerprint density at radius 3 is 2.48 bits per heavy atom. The van der Waals surface area contributed by atoms with E-state index in [9.17, 15) is 31.9 Å². The van der Waals surface area contributed by atoms with Crippen molar-refractivity contribution in [1.29, 1.82) is 0 Å². The molecule has 1 aromatic rings. The van der Waals surface area contributed by atoms with Crippen molar-refractivity contribution in [2.75, 3.05) is 0 Å². The highest BCUT2D eigenvalue weighted by Gasteiger charge is 2.53. The fourth-order valence-electron chi connectivity index (χ4n) is 1.88. The molecule has 114 valence electrons. The molecule has 21 heavy (non-hydrogen) atoms. The normalized spacial score (nSPS) is 21.7. The molecule has 1 unspecified atom stereocenters. The van der Waals surface area contributed by atoms with Gasteiger partial charge in [-0.15, -0.1) is 0 Å². The summed E-state index contributed by atoms with van der Waals surface area (Å²) in [6.45, 7) is 0. The van der Waals surface area contributed by atoms with Gasteiger partial charge in [0.25, 0.3) is 18.4 Å². The van der Waals surface area contributed by atoms with Crippen LogP contribution in [0.25, 0.3) is 0 Å². The first-order valence-corrected chi connectivity index (χ1v) is 5.68. The van der Waals surface area contributed by atoms with Gasteiger partial charge in [0, 0.05) is 0 Å². The van der Waals surface area contributed by atoms with Crippen molar-refractivity contribution in [2.24, 2.45) is 0 Å². The van der Waals surface area contributed by atoms with Crippen LogP contribution in [-0.2, 0) is 0 Å². The summed E-state index contributed by atoms with van der Waals surface area (Å²) in [5.41, 5.74) is -3.14. The number of rotatable bonds is 2. The van der Waals surface area contributed by atoms with Gasteiger partial charge < -0.3 is 5.11 Å². The van der Waals surface area contributed by atoms with Gasteiger partial charge in [-0.1, -0.05) is 12.1 Å². The van der Waals surface area contributed by atoms with Crippen molar-refractivity contribution in [3.63, 3.8) is 0 Å². The number of nitrogens with zero attached hydrogens (tertiary/aromatic N) is 1. The van der Waals surface area contributed by atoms with Gasteiger partial charge in [-0.2, -0.15) is 8.78 Å². The van der Waals surface area contributed by atoms with Crippen molar-refractivity contribution >= 4 is 5.91 Å². The monoisotopic (exact) mass is 308 g/mol. The predicted octanol–water partition coefficient (Wildman–Crippen LogP) is 2.24. The maximum atomic E-state index is 13.5. The second-order valence-electron chi connectivity index (χ2n) is 4.33. The van der Waals surface area contributed by atoms with Crippen LogP contribution in [0.1, 0.15) is 16.8 Å². The Labute approximate surface area is 115 Å². The Balaban J connectivity index is 2.43. The van der Waals surface area contributed by atoms with Crippen LogP contribution in [0.15, 0.2) is 36.0 Å². The molecular formula is C12H9F5N2O2. The molecule has 0 bridgehead atoms. The first-order valence-electron chi connectivity index (χ1n) is 5.68. The number of hydrogen-bond donors (Lipinski definition) is 2. The second-order valence-corrected chi connectivity index (χ2v) is 4.33. The number of alkyl halides is 2. The number of carbonyl (C=O) groups is 1. The lowest BCUT2D eigenvalue weighted by Crippen LogP contribution is -2.56. The predicted molar refractivity (Wildman–Crippen MR) is 60.5 cm³/mol. The Hall–Kier alpha value is -2.16. The lowest BCUT2D eigenvalue weighted by Gasteiger charge is -2.31.